The van der Waals surface area contributed by atoms with Gasteiger partial charge in [-0.25, -0.2) is 0 Å². The summed E-state index contributed by atoms with van der Waals surface area (Å²) in [7, 11) is 1.67. The van der Waals surface area contributed by atoms with Crippen molar-refractivity contribution in [3.05, 3.63) is 23.8 Å². The van der Waals surface area contributed by atoms with Crippen LogP contribution in [0.3, 0.4) is 0 Å². The average Bonchev–Trinajstić information content (AvgIpc) is 2.38. The van der Waals surface area contributed by atoms with Crippen LogP contribution < -0.4 is 15.2 Å². The third kappa shape index (κ3) is 5.80. The second kappa shape index (κ2) is 8.82. The second-order valence-electron chi connectivity index (χ2n) is 5.18. The monoisotopic (exact) mass is 281 g/mol. The first kappa shape index (κ1) is 16.8. The summed E-state index contributed by atoms with van der Waals surface area (Å²) in [4.78, 5) is 0. The van der Waals surface area contributed by atoms with Crippen molar-refractivity contribution in [1.29, 1.82) is 0 Å². The fourth-order valence-corrected chi connectivity index (χ4v) is 1.96. The number of benzene rings is 1. The molecule has 2 N–H and O–H groups in total. The van der Waals surface area contributed by atoms with Gasteiger partial charge in [-0.1, -0.05) is 13.0 Å². The summed E-state index contributed by atoms with van der Waals surface area (Å²) in [6.45, 7) is 7.32. The van der Waals surface area contributed by atoms with Crippen molar-refractivity contribution >= 4 is 0 Å². The molecule has 0 heterocycles. The number of hydrogen-bond donors (Lipinski definition) is 1. The summed E-state index contributed by atoms with van der Waals surface area (Å²) in [6.07, 6.45) is 1.76. The van der Waals surface area contributed by atoms with Gasteiger partial charge in [-0.2, -0.15) is 0 Å². The first-order valence-electron chi connectivity index (χ1n) is 7.23. The quantitative estimate of drug-likeness (QED) is 0.756. The Kier molecular flexibility index (Phi) is 7.41. The first-order chi connectivity index (χ1) is 9.56. The van der Waals surface area contributed by atoms with Crippen LogP contribution in [0.4, 0.5) is 0 Å². The van der Waals surface area contributed by atoms with E-state index in [1.165, 1.54) is 0 Å². The highest BCUT2D eigenvalue weighted by Gasteiger charge is 2.11. The molecule has 1 aromatic carbocycles. The highest BCUT2D eigenvalue weighted by Crippen LogP contribution is 2.27. The minimum Gasteiger partial charge on any atom is -0.493 e. The predicted molar refractivity (Wildman–Crippen MR) is 81.5 cm³/mol. The molecule has 4 nitrogen and oxygen atoms in total. The highest BCUT2D eigenvalue weighted by molar-refractivity contribution is 5.41. The second-order valence-corrected chi connectivity index (χ2v) is 5.18. The van der Waals surface area contributed by atoms with Crippen LogP contribution in [-0.2, 0) is 11.2 Å². The van der Waals surface area contributed by atoms with E-state index in [0.717, 1.165) is 29.9 Å². The first-order valence-corrected chi connectivity index (χ1v) is 7.23. The molecule has 0 amide bonds. The lowest BCUT2D eigenvalue weighted by Crippen LogP contribution is -2.21. The molecular weight excluding hydrogens is 254 g/mol. The molecule has 0 aromatic heterocycles. The van der Waals surface area contributed by atoms with Gasteiger partial charge in [0.1, 0.15) is 17.6 Å². The molecule has 0 spiro atoms. The molecule has 2 unspecified atom stereocenters. The Morgan fingerprint density at radius 3 is 2.60 bits per heavy atom. The summed E-state index contributed by atoms with van der Waals surface area (Å²) >= 11 is 0. The van der Waals surface area contributed by atoms with E-state index in [1.54, 1.807) is 7.11 Å². The van der Waals surface area contributed by atoms with Crippen LogP contribution in [0.25, 0.3) is 0 Å². The molecule has 0 saturated carbocycles. The van der Waals surface area contributed by atoms with Crippen molar-refractivity contribution in [3.8, 4) is 11.5 Å². The third-order valence-corrected chi connectivity index (χ3v) is 2.78. The van der Waals surface area contributed by atoms with Crippen LogP contribution in [-0.4, -0.2) is 32.5 Å². The van der Waals surface area contributed by atoms with E-state index in [2.05, 4.69) is 6.92 Å². The Morgan fingerprint density at radius 2 is 2.00 bits per heavy atom. The molecule has 0 bridgehead atoms. The molecule has 1 aromatic rings. The smallest absolute Gasteiger partial charge is 0.126 e. The predicted octanol–water partition coefficient (Wildman–Crippen LogP) is 2.78. The number of methoxy groups -OCH3 is 1. The molecule has 20 heavy (non-hydrogen) atoms. The molecular formula is C16H27NO3. The van der Waals surface area contributed by atoms with Crippen LogP contribution in [0.2, 0.25) is 0 Å². The van der Waals surface area contributed by atoms with Gasteiger partial charge in [0, 0.05) is 19.2 Å². The molecule has 4 heteroatoms. The normalized spacial score (nSPS) is 13.8. The van der Waals surface area contributed by atoms with Gasteiger partial charge in [0.2, 0.25) is 0 Å². The van der Waals surface area contributed by atoms with Crippen LogP contribution in [0.1, 0.15) is 32.8 Å². The van der Waals surface area contributed by atoms with E-state index >= 15 is 0 Å². The van der Waals surface area contributed by atoms with Crippen LogP contribution in [0, 0.1) is 0 Å². The molecule has 2 atom stereocenters. The van der Waals surface area contributed by atoms with E-state index in [1.807, 2.05) is 32.0 Å². The molecule has 0 aliphatic carbocycles. The summed E-state index contributed by atoms with van der Waals surface area (Å²) in [5, 5.41) is 0. The lowest BCUT2D eigenvalue weighted by molar-refractivity contribution is 0.0911. The number of rotatable bonds is 9. The number of ether oxygens (including phenoxy) is 3. The Bertz CT molecular complexity index is 393. The zero-order valence-corrected chi connectivity index (χ0v) is 13.0. The lowest BCUT2D eigenvalue weighted by atomic mass is 10.1. The maximum atomic E-state index is 5.95. The van der Waals surface area contributed by atoms with Crippen molar-refractivity contribution in [2.24, 2.45) is 5.73 Å². The van der Waals surface area contributed by atoms with E-state index in [4.69, 9.17) is 19.9 Å². The number of hydrogen-bond acceptors (Lipinski definition) is 4. The van der Waals surface area contributed by atoms with Crippen molar-refractivity contribution in [2.45, 2.75) is 45.8 Å². The van der Waals surface area contributed by atoms with Crippen molar-refractivity contribution in [3.63, 3.8) is 0 Å². The van der Waals surface area contributed by atoms with Gasteiger partial charge in [0.25, 0.3) is 0 Å². The van der Waals surface area contributed by atoms with Crippen molar-refractivity contribution < 1.29 is 14.2 Å². The molecule has 0 saturated heterocycles. The summed E-state index contributed by atoms with van der Waals surface area (Å²) in [5.41, 5.74) is 6.99. The summed E-state index contributed by atoms with van der Waals surface area (Å²) in [6, 6.07) is 6.04. The minimum absolute atomic E-state index is 0.00624. The lowest BCUT2D eigenvalue weighted by Gasteiger charge is -2.19. The van der Waals surface area contributed by atoms with Gasteiger partial charge in [0.15, 0.2) is 0 Å². The maximum Gasteiger partial charge on any atom is 0.126 e. The molecule has 0 aliphatic rings. The fourth-order valence-electron chi connectivity index (χ4n) is 1.96. The zero-order chi connectivity index (χ0) is 15.0. The molecule has 0 fully saturated rings. The van der Waals surface area contributed by atoms with Crippen molar-refractivity contribution in [2.75, 3.05) is 20.3 Å². The molecule has 1 rings (SSSR count). The van der Waals surface area contributed by atoms with Crippen LogP contribution >= 0.6 is 0 Å². The SMILES string of the molecule is CCCOc1ccc(CC(C)N)c(OC(C)COC)c1. The maximum absolute atomic E-state index is 5.95. The van der Waals surface area contributed by atoms with E-state index in [-0.39, 0.29) is 12.1 Å². The Labute approximate surface area is 122 Å². The Morgan fingerprint density at radius 1 is 1.25 bits per heavy atom. The third-order valence-electron chi connectivity index (χ3n) is 2.78. The Hall–Kier alpha value is -1.26. The highest BCUT2D eigenvalue weighted by atomic mass is 16.5. The number of nitrogens with two attached hydrogens (primary N) is 1. The molecule has 0 aliphatic heterocycles. The van der Waals surface area contributed by atoms with Gasteiger partial charge >= 0.3 is 0 Å². The van der Waals surface area contributed by atoms with Gasteiger partial charge in [-0.05, 0) is 38.3 Å². The van der Waals surface area contributed by atoms with Gasteiger partial charge in [-0.3, -0.25) is 0 Å². The standard InChI is InChI=1S/C16H27NO3/c1-5-8-19-15-7-6-14(9-12(2)17)16(10-15)20-13(3)11-18-4/h6-7,10,12-13H,5,8-9,11,17H2,1-4H3. The summed E-state index contributed by atoms with van der Waals surface area (Å²) < 4.78 is 16.7. The fraction of sp³-hybridized carbons (Fsp3) is 0.625. The van der Waals surface area contributed by atoms with Gasteiger partial charge < -0.3 is 19.9 Å². The minimum atomic E-state index is -0.00624. The molecule has 114 valence electrons. The van der Waals surface area contributed by atoms with Crippen LogP contribution in [0.15, 0.2) is 18.2 Å². The van der Waals surface area contributed by atoms with Crippen LogP contribution in [0.5, 0.6) is 11.5 Å². The van der Waals surface area contributed by atoms with E-state index in [0.29, 0.717) is 13.2 Å². The largest absolute Gasteiger partial charge is 0.493 e. The average molecular weight is 281 g/mol. The zero-order valence-electron chi connectivity index (χ0n) is 13.0. The van der Waals surface area contributed by atoms with Gasteiger partial charge in [0.05, 0.1) is 13.2 Å². The van der Waals surface area contributed by atoms with E-state index < -0.39 is 0 Å². The van der Waals surface area contributed by atoms with Crippen molar-refractivity contribution in [1.82, 2.24) is 0 Å². The van der Waals surface area contributed by atoms with Gasteiger partial charge in [-0.15, -0.1) is 0 Å². The summed E-state index contributed by atoms with van der Waals surface area (Å²) in [5.74, 6) is 1.67. The van der Waals surface area contributed by atoms with E-state index in [9.17, 15) is 0 Å². The Balaban J connectivity index is 2.87. The molecule has 0 radical (unpaired) electrons. The topological polar surface area (TPSA) is 53.7 Å².